The fraction of sp³-hybridized carbons (Fsp3) is 0.562. The number of likely N-dealkylation sites (tertiary alicyclic amines) is 1. The lowest BCUT2D eigenvalue weighted by atomic mass is 10.1. The molecule has 118 valence electrons. The molecule has 2 aromatic heterocycles. The zero-order valence-corrected chi connectivity index (χ0v) is 13.2. The van der Waals surface area contributed by atoms with Crippen molar-refractivity contribution in [3.8, 4) is 0 Å². The Morgan fingerprint density at radius 3 is 3.00 bits per heavy atom. The van der Waals surface area contributed by atoms with Crippen LogP contribution in [0.5, 0.6) is 0 Å². The molecule has 6 heteroatoms. The lowest BCUT2D eigenvalue weighted by Crippen LogP contribution is -2.28. The Hall–Kier alpha value is -2.11. The van der Waals surface area contributed by atoms with Gasteiger partial charge in [0.25, 0.3) is 0 Å². The number of rotatable bonds is 5. The number of carbonyl (C=O) groups is 1. The lowest BCUT2D eigenvalue weighted by Gasteiger charge is -2.16. The Morgan fingerprint density at radius 1 is 1.45 bits per heavy atom. The van der Waals surface area contributed by atoms with Gasteiger partial charge in [0.05, 0.1) is 5.69 Å². The summed E-state index contributed by atoms with van der Waals surface area (Å²) < 4.78 is 1.99. The molecular formula is C16H23N5O. The summed E-state index contributed by atoms with van der Waals surface area (Å²) in [4.78, 5) is 14.3. The highest BCUT2D eigenvalue weighted by Crippen LogP contribution is 2.25. The summed E-state index contributed by atoms with van der Waals surface area (Å²) in [7, 11) is 0. The van der Waals surface area contributed by atoms with Crippen LogP contribution in [-0.2, 0) is 11.3 Å². The topological polar surface area (TPSA) is 66.8 Å². The maximum absolute atomic E-state index is 12.3. The van der Waals surface area contributed by atoms with E-state index in [-0.39, 0.29) is 5.91 Å². The predicted molar refractivity (Wildman–Crippen MR) is 83.5 cm³/mol. The van der Waals surface area contributed by atoms with Crippen LogP contribution in [0.1, 0.15) is 42.3 Å². The number of aryl methyl sites for hydroxylation is 3. The summed E-state index contributed by atoms with van der Waals surface area (Å²) in [5.74, 6) is 0.658. The number of hydrogen-bond acceptors (Lipinski definition) is 3. The summed E-state index contributed by atoms with van der Waals surface area (Å²) in [6.07, 6.45) is 4.22. The number of aromatic amines is 1. The molecule has 1 fully saturated rings. The predicted octanol–water partition coefficient (Wildman–Crippen LogP) is 2.02. The largest absolute Gasteiger partial charge is 0.342 e. The number of nitrogens with zero attached hydrogens (tertiary/aromatic N) is 4. The molecule has 3 heterocycles. The van der Waals surface area contributed by atoms with E-state index in [4.69, 9.17) is 0 Å². The Morgan fingerprint density at radius 2 is 2.32 bits per heavy atom. The van der Waals surface area contributed by atoms with Gasteiger partial charge in [-0.25, -0.2) is 0 Å². The molecule has 0 aromatic carbocycles. The van der Waals surface area contributed by atoms with Crippen molar-refractivity contribution >= 4 is 5.91 Å². The fourth-order valence-electron chi connectivity index (χ4n) is 3.17. The van der Waals surface area contributed by atoms with Gasteiger partial charge in [0.15, 0.2) is 0 Å². The van der Waals surface area contributed by atoms with Gasteiger partial charge in [-0.15, -0.1) is 0 Å². The van der Waals surface area contributed by atoms with E-state index in [1.165, 1.54) is 0 Å². The molecular weight excluding hydrogens is 278 g/mol. The Balaban J connectivity index is 1.46. The van der Waals surface area contributed by atoms with Crippen LogP contribution in [0.3, 0.4) is 0 Å². The average Bonchev–Trinajstić information content (AvgIpc) is 3.19. The number of aromatic nitrogens is 4. The third-order valence-corrected chi connectivity index (χ3v) is 4.37. The van der Waals surface area contributed by atoms with Crippen molar-refractivity contribution in [3.05, 3.63) is 35.4 Å². The molecule has 0 saturated carbocycles. The molecule has 1 atom stereocenters. The first-order valence-corrected chi connectivity index (χ1v) is 7.91. The van der Waals surface area contributed by atoms with Gasteiger partial charge in [-0.05, 0) is 38.8 Å². The number of nitrogens with one attached hydrogen (secondary N) is 1. The molecule has 22 heavy (non-hydrogen) atoms. The molecule has 0 aliphatic carbocycles. The molecule has 0 bridgehead atoms. The zero-order valence-electron chi connectivity index (χ0n) is 13.2. The van der Waals surface area contributed by atoms with Crippen molar-refractivity contribution in [2.24, 2.45) is 0 Å². The molecule has 0 spiro atoms. The quantitative estimate of drug-likeness (QED) is 0.918. The third-order valence-electron chi connectivity index (χ3n) is 4.37. The van der Waals surface area contributed by atoms with E-state index in [9.17, 15) is 4.79 Å². The zero-order chi connectivity index (χ0) is 15.5. The monoisotopic (exact) mass is 301 g/mol. The molecule has 1 amide bonds. The van der Waals surface area contributed by atoms with E-state index in [1.807, 2.05) is 22.6 Å². The molecule has 1 N–H and O–H groups in total. The van der Waals surface area contributed by atoms with Crippen LogP contribution in [-0.4, -0.2) is 43.9 Å². The van der Waals surface area contributed by atoms with Crippen LogP contribution < -0.4 is 0 Å². The third kappa shape index (κ3) is 3.21. The van der Waals surface area contributed by atoms with Crippen molar-refractivity contribution < 1.29 is 4.79 Å². The molecule has 1 aliphatic heterocycles. The van der Waals surface area contributed by atoms with Gasteiger partial charge < -0.3 is 4.90 Å². The first kappa shape index (κ1) is 14.8. The molecule has 3 rings (SSSR count). The first-order valence-electron chi connectivity index (χ1n) is 7.91. The van der Waals surface area contributed by atoms with Crippen molar-refractivity contribution in [3.63, 3.8) is 0 Å². The van der Waals surface area contributed by atoms with Crippen molar-refractivity contribution in [1.82, 2.24) is 24.9 Å². The highest BCUT2D eigenvalue weighted by molar-refractivity contribution is 5.76. The van der Waals surface area contributed by atoms with Crippen molar-refractivity contribution in [2.75, 3.05) is 13.1 Å². The van der Waals surface area contributed by atoms with Gasteiger partial charge in [0.2, 0.25) is 5.91 Å². The van der Waals surface area contributed by atoms with Crippen LogP contribution in [0.4, 0.5) is 0 Å². The average molecular weight is 301 g/mol. The number of carbonyl (C=O) groups excluding carboxylic acids is 1. The standard InChI is InChI=1S/C16H23N5O/c1-12-10-13(2)21(19-12)8-3-4-16(22)20-9-6-14(11-20)15-5-7-17-18-15/h5,7,10,14H,3-4,6,8-9,11H2,1-2H3,(H,17,18)/t14-/m1/s1. The minimum atomic E-state index is 0.253. The summed E-state index contributed by atoms with van der Waals surface area (Å²) >= 11 is 0. The first-order chi connectivity index (χ1) is 10.6. The molecule has 0 radical (unpaired) electrons. The highest BCUT2D eigenvalue weighted by Gasteiger charge is 2.27. The molecule has 6 nitrogen and oxygen atoms in total. The van der Waals surface area contributed by atoms with E-state index in [2.05, 4.69) is 28.3 Å². The maximum Gasteiger partial charge on any atom is 0.222 e. The van der Waals surface area contributed by atoms with E-state index in [0.717, 1.165) is 49.6 Å². The Bertz CT molecular complexity index is 631. The van der Waals surface area contributed by atoms with Crippen LogP contribution in [0.25, 0.3) is 0 Å². The van der Waals surface area contributed by atoms with Crippen molar-refractivity contribution in [1.29, 1.82) is 0 Å². The number of hydrogen-bond donors (Lipinski definition) is 1. The minimum Gasteiger partial charge on any atom is -0.342 e. The second-order valence-corrected chi connectivity index (χ2v) is 6.09. The van der Waals surface area contributed by atoms with Crippen LogP contribution in [0.15, 0.2) is 18.3 Å². The summed E-state index contributed by atoms with van der Waals surface area (Å²) in [6.45, 7) is 6.51. The summed E-state index contributed by atoms with van der Waals surface area (Å²) in [6, 6.07) is 4.07. The SMILES string of the molecule is Cc1cc(C)n(CCCC(=O)N2CC[C@@H](c3ccn[nH]3)C2)n1. The molecule has 2 aromatic rings. The lowest BCUT2D eigenvalue weighted by molar-refractivity contribution is -0.130. The van der Waals surface area contributed by atoms with E-state index >= 15 is 0 Å². The molecule has 1 aliphatic rings. The second kappa shape index (κ2) is 6.34. The minimum absolute atomic E-state index is 0.253. The van der Waals surface area contributed by atoms with Gasteiger partial charge in [-0.1, -0.05) is 0 Å². The molecule has 0 unspecified atom stereocenters. The normalized spacial score (nSPS) is 18.1. The van der Waals surface area contributed by atoms with E-state index < -0.39 is 0 Å². The Labute approximate surface area is 130 Å². The smallest absolute Gasteiger partial charge is 0.222 e. The van der Waals surface area contributed by atoms with Gasteiger partial charge in [0.1, 0.15) is 0 Å². The second-order valence-electron chi connectivity index (χ2n) is 6.09. The number of H-pyrrole nitrogens is 1. The van der Waals surface area contributed by atoms with Crippen LogP contribution in [0.2, 0.25) is 0 Å². The van der Waals surface area contributed by atoms with Crippen LogP contribution >= 0.6 is 0 Å². The van der Waals surface area contributed by atoms with Gasteiger partial charge in [-0.2, -0.15) is 10.2 Å². The maximum atomic E-state index is 12.3. The van der Waals surface area contributed by atoms with Crippen molar-refractivity contribution in [2.45, 2.75) is 45.6 Å². The summed E-state index contributed by atoms with van der Waals surface area (Å²) in [5, 5.41) is 11.4. The fourth-order valence-corrected chi connectivity index (χ4v) is 3.17. The van der Waals surface area contributed by atoms with E-state index in [0.29, 0.717) is 12.3 Å². The number of amides is 1. The van der Waals surface area contributed by atoms with Gasteiger partial charge in [0, 0.05) is 49.6 Å². The highest BCUT2D eigenvalue weighted by atomic mass is 16.2. The van der Waals surface area contributed by atoms with Crippen LogP contribution in [0, 0.1) is 13.8 Å². The van der Waals surface area contributed by atoms with Gasteiger partial charge in [-0.3, -0.25) is 14.6 Å². The Kier molecular flexibility index (Phi) is 4.27. The molecule has 1 saturated heterocycles. The van der Waals surface area contributed by atoms with E-state index in [1.54, 1.807) is 6.20 Å². The summed E-state index contributed by atoms with van der Waals surface area (Å²) in [5.41, 5.74) is 3.33. The van der Waals surface area contributed by atoms with Gasteiger partial charge >= 0.3 is 0 Å².